The third-order valence-electron chi connectivity index (χ3n) is 1.66. The number of rotatable bonds is 8. The van der Waals surface area contributed by atoms with Crippen LogP contribution < -0.4 is 11.5 Å². The first-order chi connectivity index (χ1) is 8.24. The van der Waals surface area contributed by atoms with Gasteiger partial charge in [-0.2, -0.15) is 0 Å². The Bertz CT molecular complexity index is 316. The van der Waals surface area contributed by atoms with E-state index in [4.69, 9.17) is 21.7 Å². The molecule has 18 heavy (non-hydrogen) atoms. The summed E-state index contributed by atoms with van der Waals surface area (Å²) in [6.45, 7) is -0.380. The molecule has 112 valence electrons. The Labute approximate surface area is 108 Å². The van der Waals surface area contributed by atoms with Crippen LogP contribution in [0.3, 0.4) is 0 Å². The van der Waals surface area contributed by atoms with Crippen molar-refractivity contribution in [1.29, 1.82) is 0 Å². The van der Waals surface area contributed by atoms with E-state index in [0.717, 1.165) is 0 Å². The minimum Gasteiger partial charge on any atom is -0.395 e. The molecule has 0 aliphatic carbocycles. The molecule has 0 aromatic rings. The summed E-state index contributed by atoms with van der Waals surface area (Å²) in [6.07, 6.45) is 0. The van der Waals surface area contributed by atoms with Crippen molar-refractivity contribution in [2.24, 2.45) is 11.5 Å². The van der Waals surface area contributed by atoms with E-state index in [-0.39, 0.29) is 49.3 Å². The quantitative estimate of drug-likeness (QED) is 0.362. The van der Waals surface area contributed by atoms with Gasteiger partial charge in [0.1, 0.15) is 0 Å². The fraction of sp³-hybridized carbons (Fsp3) is 1.00. The number of hydrogen-bond donors (Lipinski definition) is 4. The smallest absolute Gasteiger partial charge is 0.153 e. The normalized spacial score (nSPS) is 11.8. The largest absolute Gasteiger partial charge is 0.395 e. The number of nitrogens with two attached hydrogens (primary N) is 2. The van der Waals surface area contributed by atoms with Gasteiger partial charge in [0, 0.05) is 13.1 Å². The summed E-state index contributed by atoms with van der Waals surface area (Å²) in [5, 5.41) is 16.4. The minimum atomic E-state index is -3.06. The number of aliphatic hydroxyl groups excluding tert-OH is 2. The highest BCUT2D eigenvalue weighted by atomic mass is 32.2. The second kappa shape index (κ2) is 10.6. The van der Waals surface area contributed by atoms with Gasteiger partial charge in [-0.1, -0.05) is 0 Å². The van der Waals surface area contributed by atoms with Crippen LogP contribution in [-0.4, -0.2) is 76.4 Å². The van der Waals surface area contributed by atoms with Crippen molar-refractivity contribution >= 4 is 19.7 Å². The molecule has 0 aromatic carbocycles. The van der Waals surface area contributed by atoms with E-state index in [1.165, 1.54) is 0 Å². The molecule has 10 heteroatoms. The van der Waals surface area contributed by atoms with E-state index in [1.807, 2.05) is 0 Å². The van der Waals surface area contributed by atoms with Gasteiger partial charge in [-0.15, -0.1) is 0 Å². The summed E-state index contributed by atoms with van der Waals surface area (Å²) in [4.78, 5) is 0. The molecule has 0 spiro atoms. The molecular formula is C8H22N2O6S2. The lowest BCUT2D eigenvalue weighted by Gasteiger charge is -1.96. The van der Waals surface area contributed by atoms with E-state index in [0.29, 0.717) is 0 Å². The Morgan fingerprint density at radius 2 is 0.944 bits per heavy atom. The third kappa shape index (κ3) is 13.8. The fourth-order valence-electron chi connectivity index (χ4n) is 0.841. The van der Waals surface area contributed by atoms with E-state index in [9.17, 15) is 16.8 Å². The highest BCUT2D eigenvalue weighted by molar-refractivity contribution is 7.91. The minimum absolute atomic E-state index is 0.0342. The predicted molar refractivity (Wildman–Crippen MR) is 69.6 cm³/mol. The highest BCUT2D eigenvalue weighted by Gasteiger charge is 2.07. The number of aliphatic hydroxyl groups is 2. The van der Waals surface area contributed by atoms with Crippen LogP contribution in [0.15, 0.2) is 0 Å². The molecule has 0 rings (SSSR count). The maximum Gasteiger partial charge on any atom is 0.153 e. The molecule has 0 aliphatic heterocycles. The monoisotopic (exact) mass is 306 g/mol. The van der Waals surface area contributed by atoms with Crippen LogP contribution in [0, 0.1) is 0 Å². The maximum absolute atomic E-state index is 10.6. The number of sulfone groups is 2. The van der Waals surface area contributed by atoms with Gasteiger partial charge in [0.2, 0.25) is 0 Å². The topological polar surface area (TPSA) is 161 Å². The fourth-order valence-corrected chi connectivity index (χ4v) is 2.52. The van der Waals surface area contributed by atoms with Crippen LogP contribution in [0.1, 0.15) is 0 Å². The van der Waals surface area contributed by atoms with Crippen molar-refractivity contribution in [2.45, 2.75) is 0 Å². The lowest BCUT2D eigenvalue weighted by atomic mass is 10.8. The average Bonchev–Trinajstić information content (AvgIpc) is 2.17. The molecular weight excluding hydrogens is 284 g/mol. The highest BCUT2D eigenvalue weighted by Crippen LogP contribution is 1.86. The zero-order valence-electron chi connectivity index (χ0n) is 10.2. The van der Waals surface area contributed by atoms with Gasteiger partial charge in [0.15, 0.2) is 19.7 Å². The second-order valence-corrected chi connectivity index (χ2v) is 7.94. The van der Waals surface area contributed by atoms with E-state index in [1.54, 1.807) is 0 Å². The molecule has 0 radical (unpaired) electrons. The standard InChI is InChI=1S/2C4H11NO3S/c2*5-1-3-9(7,8)4-2-6/h2*6H,1-5H2. The van der Waals surface area contributed by atoms with Crippen molar-refractivity contribution in [1.82, 2.24) is 0 Å². The van der Waals surface area contributed by atoms with Crippen LogP contribution in [0.5, 0.6) is 0 Å². The van der Waals surface area contributed by atoms with Gasteiger partial charge in [0.05, 0.1) is 36.2 Å². The zero-order chi connectivity index (χ0) is 14.7. The van der Waals surface area contributed by atoms with Crippen molar-refractivity contribution in [3.05, 3.63) is 0 Å². The van der Waals surface area contributed by atoms with Gasteiger partial charge >= 0.3 is 0 Å². The zero-order valence-corrected chi connectivity index (χ0v) is 11.8. The molecule has 0 fully saturated rings. The molecule has 0 heterocycles. The molecule has 0 bridgehead atoms. The molecule has 0 saturated carbocycles. The first kappa shape index (κ1) is 20.1. The predicted octanol–water partition coefficient (Wildman–Crippen LogP) is -3.30. The van der Waals surface area contributed by atoms with Crippen molar-refractivity contribution < 1.29 is 27.0 Å². The van der Waals surface area contributed by atoms with Gasteiger partial charge in [-0.3, -0.25) is 0 Å². The Balaban J connectivity index is 0. The summed E-state index contributed by atoms with van der Waals surface area (Å²) in [5.41, 5.74) is 9.97. The molecule has 0 unspecified atom stereocenters. The lowest BCUT2D eigenvalue weighted by Crippen LogP contribution is -2.20. The van der Waals surface area contributed by atoms with Crippen molar-refractivity contribution in [2.75, 3.05) is 49.3 Å². The lowest BCUT2D eigenvalue weighted by molar-refractivity contribution is 0.319. The van der Waals surface area contributed by atoms with Gasteiger partial charge in [0.25, 0.3) is 0 Å². The second-order valence-electron chi connectivity index (χ2n) is 3.33. The van der Waals surface area contributed by atoms with E-state index < -0.39 is 19.7 Å². The average molecular weight is 306 g/mol. The van der Waals surface area contributed by atoms with Gasteiger partial charge in [-0.25, -0.2) is 16.8 Å². The van der Waals surface area contributed by atoms with E-state index >= 15 is 0 Å². The third-order valence-corrected chi connectivity index (χ3v) is 4.99. The number of hydrogen-bond acceptors (Lipinski definition) is 8. The van der Waals surface area contributed by atoms with Gasteiger partial charge < -0.3 is 21.7 Å². The molecule has 0 atom stereocenters. The van der Waals surface area contributed by atoms with E-state index in [2.05, 4.69) is 0 Å². The molecule has 0 saturated heterocycles. The molecule has 0 aliphatic rings. The maximum atomic E-state index is 10.6. The first-order valence-corrected chi connectivity index (χ1v) is 8.91. The van der Waals surface area contributed by atoms with Gasteiger partial charge in [-0.05, 0) is 0 Å². The van der Waals surface area contributed by atoms with Crippen molar-refractivity contribution in [3.8, 4) is 0 Å². The Kier molecular flexibility index (Phi) is 11.9. The molecule has 0 amide bonds. The summed E-state index contributed by atoms with van der Waals surface area (Å²) < 4.78 is 42.4. The summed E-state index contributed by atoms with van der Waals surface area (Å²) in [7, 11) is -6.11. The summed E-state index contributed by atoms with van der Waals surface area (Å²) >= 11 is 0. The Morgan fingerprint density at radius 3 is 1.11 bits per heavy atom. The van der Waals surface area contributed by atoms with Crippen molar-refractivity contribution in [3.63, 3.8) is 0 Å². The summed E-state index contributed by atoms with van der Waals surface area (Å²) in [6, 6.07) is 0. The molecule has 8 nitrogen and oxygen atoms in total. The van der Waals surface area contributed by atoms with Crippen LogP contribution >= 0.6 is 0 Å². The molecule has 0 aromatic heterocycles. The SMILES string of the molecule is NCCS(=O)(=O)CCO.NCCS(=O)(=O)CCO. The van der Waals surface area contributed by atoms with Crippen LogP contribution in [-0.2, 0) is 19.7 Å². The van der Waals surface area contributed by atoms with Crippen LogP contribution in [0.2, 0.25) is 0 Å². The Hall–Kier alpha value is -0.260. The Morgan fingerprint density at radius 1 is 0.667 bits per heavy atom. The van der Waals surface area contributed by atoms with Crippen LogP contribution in [0.25, 0.3) is 0 Å². The first-order valence-electron chi connectivity index (χ1n) is 5.27. The molecule has 6 N–H and O–H groups in total. The van der Waals surface area contributed by atoms with Crippen LogP contribution in [0.4, 0.5) is 0 Å². The summed E-state index contributed by atoms with van der Waals surface area (Å²) in [5.74, 6) is -0.421.